The Morgan fingerprint density at radius 1 is 0.915 bits per heavy atom. The van der Waals surface area contributed by atoms with E-state index in [1.165, 1.54) is 32.4 Å². The second kappa shape index (κ2) is 13.4. The standard InChI is InChI=1S/C34H32FN3O7.C2H6/c1-20-9-14-26(25(35)17-20)38-31-30(32(40)37(33(38)41)19-22-10-12-23(42-5)13-11-22)28(18-29(39)36(31)4)45-27-8-6-7-24(21(27)2)34(3)43-15-16-44-34;1-2/h6-14,17-18H,15-16,19H2,1-5H3;1-2H3. The Labute approximate surface area is 271 Å². The summed E-state index contributed by atoms with van der Waals surface area (Å²) < 4.78 is 42.0. The zero-order chi connectivity index (χ0) is 34.0. The van der Waals surface area contributed by atoms with E-state index in [1.54, 1.807) is 49.4 Å². The maximum Gasteiger partial charge on any atom is 0.337 e. The van der Waals surface area contributed by atoms with Crippen molar-refractivity contribution in [2.45, 2.75) is 47.0 Å². The van der Waals surface area contributed by atoms with Gasteiger partial charge in [0.15, 0.2) is 5.79 Å². The summed E-state index contributed by atoms with van der Waals surface area (Å²) in [5, 5.41) is -0.0745. The molecular formula is C36H38FN3O7. The highest BCUT2D eigenvalue weighted by atomic mass is 19.1. The molecule has 1 aliphatic rings. The third-order valence-electron chi connectivity index (χ3n) is 8.14. The van der Waals surface area contributed by atoms with E-state index in [1.807, 2.05) is 33.8 Å². The minimum absolute atomic E-state index is 0.0745. The fourth-order valence-corrected chi connectivity index (χ4v) is 5.71. The van der Waals surface area contributed by atoms with Gasteiger partial charge in [-0.3, -0.25) is 18.7 Å². The molecule has 0 spiro atoms. The number of ether oxygens (including phenoxy) is 4. The second-order valence-electron chi connectivity index (χ2n) is 11.1. The molecule has 1 fully saturated rings. The summed E-state index contributed by atoms with van der Waals surface area (Å²) in [5.74, 6) is -0.814. The van der Waals surface area contributed by atoms with Crippen LogP contribution < -0.4 is 26.3 Å². The SMILES string of the molecule is CC.COc1ccc(Cn2c(=O)c3c(Oc4cccc(C5(C)OCCO5)c4C)cc(=O)n(C)c3n(-c3ccc(C)cc3F)c2=O)cc1. The summed E-state index contributed by atoms with van der Waals surface area (Å²) in [4.78, 5) is 41.8. The van der Waals surface area contributed by atoms with Crippen LogP contribution in [-0.4, -0.2) is 34.0 Å². The number of pyridine rings is 1. The Kier molecular flexibility index (Phi) is 9.50. The molecule has 6 rings (SSSR count). The number of aromatic nitrogens is 3. The van der Waals surface area contributed by atoms with Crippen molar-refractivity contribution in [2.24, 2.45) is 7.05 Å². The molecule has 0 amide bonds. The van der Waals surface area contributed by atoms with E-state index in [-0.39, 0.29) is 29.0 Å². The van der Waals surface area contributed by atoms with Crippen LogP contribution in [0, 0.1) is 19.7 Å². The van der Waals surface area contributed by atoms with Gasteiger partial charge in [-0.05, 0) is 62.2 Å². The van der Waals surface area contributed by atoms with Crippen LogP contribution in [0.15, 0.2) is 81.1 Å². The number of fused-ring (bicyclic) bond motifs is 1. The van der Waals surface area contributed by atoms with Crippen LogP contribution in [0.4, 0.5) is 4.39 Å². The number of hydrogen-bond donors (Lipinski definition) is 0. The van der Waals surface area contributed by atoms with Crippen LogP contribution in [0.2, 0.25) is 0 Å². The van der Waals surface area contributed by atoms with E-state index < -0.39 is 28.4 Å². The fourth-order valence-electron chi connectivity index (χ4n) is 5.71. The maximum atomic E-state index is 15.5. The normalized spacial score (nSPS) is 13.7. The number of nitrogens with zero attached hydrogens (tertiary/aromatic N) is 3. The van der Waals surface area contributed by atoms with Gasteiger partial charge in [0.05, 0.1) is 32.6 Å². The molecule has 0 aliphatic carbocycles. The summed E-state index contributed by atoms with van der Waals surface area (Å²) in [6, 6.07) is 17.8. The lowest BCUT2D eigenvalue weighted by Gasteiger charge is -2.26. The summed E-state index contributed by atoms with van der Waals surface area (Å²) in [5.41, 5.74) is 0.353. The van der Waals surface area contributed by atoms with Crippen molar-refractivity contribution in [3.63, 3.8) is 0 Å². The van der Waals surface area contributed by atoms with Gasteiger partial charge in [-0.15, -0.1) is 0 Å². The Hall–Kier alpha value is -5.00. The molecule has 246 valence electrons. The number of hydrogen-bond acceptors (Lipinski definition) is 7. The average Bonchev–Trinajstić information content (AvgIpc) is 3.51. The molecule has 0 radical (unpaired) electrons. The van der Waals surface area contributed by atoms with Crippen molar-refractivity contribution in [3.05, 3.63) is 126 Å². The molecule has 3 heterocycles. The van der Waals surface area contributed by atoms with Crippen LogP contribution in [0.1, 0.15) is 43.0 Å². The number of halogens is 1. The lowest BCUT2D eigenvalue weighted by atomic mass is 10.0. The zero-order valence-corrected chi connectivity index (χ0v) is 27.5. The van der Waals surface area contributed by atoms with Crippen LogP contribution in [0.25, 0.3) is 16.7 Å². The van der Waals surface area contributed by atoms with Gasteiger partial charge < -0.3 is 18.9 Å². The first-order valence-corrected chi connectivity index (χ1v) is 15.4. The Bertz CT molecular complexity index is 2130. The van der Waals surface area contributed by atoms with Crippen LogP contribution >= 0.6 is 0 Å². The van der Waals surface area contributed by atoms with Gasteiger partial charge in [0.25, 0.3) is 11.1 Å². The minimum atomic E-state index is -0.993. The van der Waals surface area contributed by atoms with Gasteiger partial charge >= 0.3 is 5.69 Å². The molecule has 0 atom stereocenters. The topological polar surface area (TPSA) is 103 Å². The first-order valence-electron chi connectivity index (χ1n) is 15.4. The Morgan fingerprint density at radius 2 is 1.60 bits per heavy atom. The summed E-state index contributed by atoms with van der Waals surface area (Å²) in [6.45, 7) is 10.1. The molecule has 11 heteroatoms. The fraction of sp³-hybridized carbons (Fsp3) is 0.306. The molecule has 0 N–H and O–H groups in total. The zero-order valence-electron chi connectivity index (χ0n) is 27.5. The molecule has 5 aromatic rings. The van der Waals surface area contributed by atoms with Crippen molar-refractivity contribution >= 4 is 11.0 Å². The summed E-state index contributed by atoms with van der Waals surface area (Å²) in [7, 11) is 2.96. The van der Waals surface area contributed by atoms with Gasteiger partial charge in [0.1, 0.15) is 34.1 Å². The van der Waals surface area contributed by atoms with E-state index in [0.717, 1.165) is 19.3 Å². The highest BCUT2D eigenvalue weighted by Crippen LogP contribution is 2.38. The summed E-state index contributed by atoms with van der Waals surface area (Å²) >= 11 is 0. The molecule has 0 bridgehead atoms. The van der Waals surface area contributed by atoms with Crippen molar-refractivity contribution in [3.8, 4) is 22.9 Å². The number of methoxy groups -OCH3 is 1. The van der Waals surface area contributed by atoms with E-state index >= 15 is 4.39 Å². The van der Waals surface area contributed by atoms with Gasteiger partial charge in [-0.1, -0.05) is 44.2 Å². The molecule has 10 nitrogen and oxygen atoms in total. The number of rotatable bonds is 7. The third-order valence-corrected chi connectivity index (χ3v) is 8.14. The number of benzene rings is 3. The Morgan fingerprint density at radius 3 is 2.23 bits per heavy atom. The van der Waals surface area contributed by atoms with Gasteiger partial charge in [0.2, 0.25) is 0 Å². The smallest absolute Gasteiger partial charge is 0.337 e. The number of aryl methyl sites for hydroxylation is 2. The van der Waals surface area contributed by atoms with Crippen molar-refractivity contribution < 1.29 is 23.3 Å². The van der Waals surface area contributed by atoms with Crippen LogP contribution in [-0.2, 0) is 28.9 Å². The largest absolute Gasteiger partial charge is 0.497 e. The molecular weight excluding hydrogens is 605 g/mol. The van der Waals surface area contributed by atoms with Gasteiger partial charge in [-0.25, -0.2) is 13.8 Å². The first kappa shape index (κ1) is 33.4. The molecule has 3 aromatic carbocycles. The monoisotopic (exact) mass is 643 g/mol. The van der Waals surface area contributed by atoms with Gasteiger partial charge in [0, 0.05) is 24.2 Å². The molecule has 2 aromatic heterocycles. The van der Waals surface area contributed by atoms with Gasteiger partial charge in [-0.2, -0.15) is 0 Å². The van der Waals surface area contributed by atoms with E-state index in [9.17, 15) is 14.4 Å². The van der Waals surface area contributed by atoms with E-state index in [2.05, 4.69) is 0 Å². The lowest BCUT2D eigenvalue weighted by molar-refractivity contribution is -0.150. The predicted octanol–water partition coefficient (Wildman–Crippen LogP) is 5.70. The lowest BCUT2D eigenvalue weighted by Crippen LogP contribution is -2.42. The molecule has 0 unspecified atom stereocenters. The Balaban J connectivity index is 0.00000213. The summed E-state index contributed by atoms with van der Waals surface area (Å²) in [6.07, 6.45) is 0. The molecule has 47 heavy (non-hydrogen) atoms. The average molecular weight is 644 g/mol. The first-order chi connectivity index (χ1) is 22.5. The predicted molar refractivity (Wildman–Crippen MR) is 178 cm³/mol. The maximum absolute atomic E-state index is 15.5. The minimum Gasteiger partial charge on any atom is -0.497 e. The third kappa shape index (κ3) is 6.11. The molecule has 1 aliphatic heterocycles. The van der Waals surface area contributed by atoms with E-state index in [0.29, 0.717) is 41.4 Å². The molecule has 1 saturated heterocycles. The van der Waals surface area contributed by atoms with Crippen molar-refractivity contribution in [1.82, 2.24) is 13.7 Å². The van der Waals surface area contributed by atoms with Crippen molar-refractivity contribution in [1.29, 1.82) is 0 Å². The quantitative estimate of drug-likeness (QED) is 0.224. The van der Waals surface area contributed by atoms with Crippen molar-refractivity contribution in [2.75, 3.05) is 20.3 Å². The second-order valence-corrected chi connectivity index (χ2v) is 11.1. The van der Waals surface area contributed by atoms with Crippen LogP contribution in [0.5, 0.6) is 17.2 Å². The van der Waals surface area contributed by atoms with E-state index in [4.69, 9.17) is 18.9 Å². The highest BCUT2D eigenvalue weighted by molar-refractivity contribution is 5.83. The van der Waals surface area contributed by atoms with Crippen LogP contribution in [0.3, 0.4) is 0 Å². The highest BCUT2D eigenvalue weighted by Gasteiger charge is 2.35. The molecule has 0 saturated carbocycles.